The van der Waals surface area contributed by atoms with Crippen LogP contribution < -0.4 is 107 Å². The van der Waals surface area contributed by atoms with Gasteiger partial charge in [-0.25, -0.2) is 24.9 Å². The van der Waals surface area contributed by atoms with Gasteiger partial charge in [-0.3, -0.25) is 18.9 Å². The van der Waals surface area contributed by atoms with E-state index in [1.807, 2.05) is 66.7 Å². The van der Waals surface area contributed by atoms with Gasteiger partial charge in [0.05, 0.1) is 112 Å². The fourth-order valence-corrected chi connectivity index (χ4v) is 18.3. The normalized spacial score (nSPS) is 12.2. The average molecular weight is 2060 g/mol. The molecule has 736 valence electrons. The van der Waals surface area contributed by atoms with Crippen LogP contribution in [0.25, 0.3) is 0 Å². The second-order valence-corrected chi connectivity index (χ2v) is 46.0. The molecular formula is C97H111Cl4N21O14P4. The van der Waals surface area contributed by atoms with E-state index in [0.29, 0.717) is 148 Å². The SMILES string of the molecule is C=CC(=O)N(CCCC(C)C)c1ccc(OC)c(Nc2ncc(Cl)c(Nc3ccccc3P(C)(C)=O)n2)c1.C=CC(=O)Nc1cc(Nc2ncc(Cl)c(Nc3ccccc3P(C)(C)=O)n2)c(OC)cn1.C=CC(=O)Nc1ccc(OC)c(Nc2ncc(Cl)c(Nc3cccc(OC)c3P(C)(C)=O)n2)c1.C=CP(C)(=O)Oc1cccc(Oc2nc(Nc3ccc(N4CCN(C)CC4)cc3OC)ncc2Cl)c1. The summed E-state index contributed by atoms with van der Waals surface area (Å²) in [6.45, 7) is 34.5. The van der Waals surface area contributed by atoms with Crippen molar-refractivity contribution in [2.24, 2.45) is 5.92 Å². The quantitative estimate of drug-likeness (QED) is 0.0128. The molecule has 0 radical (unpaired) electrons. The second-order valence-electron chi connectivity index (χ2n) is 32.5. The molecule has 13 rings (SSSR count). The van der Waals surface area contributed by atoms with Gasteiger partial charge >= 0.3 is 0 Å². The van der Waals surface area contributed by atoms with Gasteiger partial charge in [-0.15, -0.1) is 0 Å². The van der Waals surface area contributed by atoms with Crippen LogP contribution in [-0.4, -0.2) is 189 Å². The number of benzene rings is 7. The molecule has 35 nitrogen and oxygen atoms in total. The second kappa shape index (κ2) is 50.3. The average Bonchev–Trinajstić information content (AvgIpc) is 0.810. The van der Waals surface area contributed by atoms with Crippen LogP contribution in [0, 0.1) is 5.92 Å². The number of pyridine rings is 1. The molecule has 1 saturated heterocycles. The molecule has 12 aromatic rings. The van der Waals surface area contributed by atoms with E-state index in [2.05, 4.69) is 150 Å². The number of para-hydroxylation sites is 2. The standard InChI is InChI=1S/C28H35ClN5O3P.C25H29ClN5O4P.C23H25ClN5O4P.C21H22ClN6O3P/c1-7-26(35)34(16-10-11-19(2)3)20-14-15-24(37-4)23(17-20)32-28-30-18-21(29)27(33-28)31-22-12-8-9-13-25(22)38(5,6)36;1-5-36(4,32)35-20-8-6-7-19(16-20)34-24-21(26)17-27-25(29-24)28-22-10-9-18(15-23(22)33-3)31-13-11-30(2)12-14-31;1-6-20(30)26-14-10-11-18(32-2)17(12-14)28-23-25-13-15(24)22(29-23)27-16-8-7-9-19(33-3)21(16)34(4,5)31;1-5-19(29)27-18-10-15(16(31-2)12-23-18)26-21-24-11-13(22)20(28-21)25-14-8-6-7-9-17(14)32(3,4)30/h7-9,12-15,17-19H,1,10-11,16H2,2-6H3,(H2,30,31,32,33);5-10,15-17H,1,11-14H2,2-4H3,(H,27,28,29);6-13H,1H2,2-5H3,(H,26,30)(H2,25,27,28,29);5-12H,1H2,2-4H3,(H3,23,24,25,26,27,28,29). The topological polar surface area (TPSA) is 418 Å². The molecule has 3 amide bonds. The number of carbonyl (C=O) groups is 3. The maximum Gasteiger partial charge on any atom is 0.266 e. The minimum absolute atomic E-state index is 0.155. The summed E-state index contributed by atoms with van der Waals surface area (Å²) in [5.41, 5.74) is 6.47. The van der Waals surface area contributed by atoms with Crippen LogP contribution in [0.4, 0.5) is 104 Å². The largest absolute Gasteiger partial charge is 0.496 e. The number of hydrogen-bond acceptors (Lipinski definition) is 32. The third kappa shape index (κ3) is 31.2. The van der Waals surface area contributed by atoms with Gasteiger partial charge in [0.25, 0.3) is 7.37 Å². The number of anilines is 18. The molecule has 0 aliphatic carbocycles. The number of carbonyl (C=O) groups excluding carboxylic acids is 3. The van der Waals surface area contributed by atoms with Crippen molar-refractivity contribution in [3.8, 4) is 46.1 Å². The molecular weight excluding hydrogens is 1950 g/mol. The number of piperazine rings is 1. The lowest BCUT2D eigenvalue weighted by atomic mass is 10.1. The van der Waals surface area contributed by atoms with Gasteiger partial charge in [-0.05, 0) is 181 Å². The van der Waals surface area contributed by atoms with Crippen LogP contribution in [-0.2, 0) is 32.6 Å². The fourth-order valence-electron chi connectivity index (χ4n) is 13.5. The van der Waals surface area contributed by atoms with Crippen LogP contribution in [0.5, 0.6) is 46.1 Å². The Hall–Kier alpha value is -13.6. The Morgan fingerprint density at radius 1 is 0.450 bits per heavy atom. The number of halogens is 4. The number of likely N-dealkylation sites (N-methyl/N-ethyl adjacent to an activating group) is 1. The zero-order valence-electron chi connectivity index (χ0n) is 79.9. The molecule has 1 fully saturated rings. The molecule has 0 saturated carbocycles. The van der Waals surface area contributed by atoms with Crippen molar-refractivity contribution < 1.29 is 65.6 Å². The Bertz CT molecular complexity index is 6690. The summed E-state index contributed by atoms with van der Waals surface area (Å²) in [5, 5.41) is 30.2. The van der Waals surface area contributed by atoms with E-state index in [0.717, 1.165) is 50.8 Å². The Labute approximate surface area is 834 Å². The molecule has 5 aromatic heterocycles. The molecule has 0 bridgehead atoms. The minimum atomic E-state index is -2.95. The summed E-state index contributed by atoms with van der Waals surface area (Å²) in [4.78, 5) is 81.2. The molecule has 140 heavy (non-hydrogen) atoms. The van der Waals surface area contributed by atoms with Crippen molar-refractivity contribution in [3.05, 3.63) is 253 Å². The Kier molecular flexibility index (Phi) is 39.0. The van der Waals surface area contributed by atoms with Gasteiger partial charge < -0.3 is 109 Å². The first kappa shape index (κ1) is 108. The number of ether oxygens (including phenoxy) is 6. The van der Waals surface area contributed by atoms with Gasteiger partial charge in [-0.1, -0.05) is 123 Å². The van der Waals surface area contributed by atoms with Crippen LogP contribution >= 0.6 is 75.2 Å². The van der Waals surface area contributed by atoms with Crippen molar-refractivity contribution in [3.63, 3.8) is 0 Å². The fraction of sp³-hybridized carbons (Fsp3) is 0.237. The predicted octanol–water partition coefficient (Wildman–Crippen LogP) is 22.1. The van der Waals surface area contributed by atoms with E-state index in [1.54, 1.807) is 144 Å². The first-order chi connectivity index (χ1) is 66.6. The number of aromatic nitrogens is 9. The van der Waals surface area contributed by atoms with E-state index in [4.69, 9.17) is 79.3 Å². The van der Waals surface area contributed by atoms with Gasteiger partial charge in [0.1, 0.15) is 81.8 Å². The Morgan fingerprint density at radius 2 is 0.929 bits per heavy atom. The molecule has 43 heteroatoms. The maximum absolute atomic E-state index is 13.0. The first-order valence-electron chi connectivity index (χ1n) is 43.2. The van der Waals surface area contributed by atoms with E-state index in [1.165, 1.54) is 76.9 Å². The number of nitrogens with zero attached hydrogens (tertiary/aromatic N) is 12. The van der Waals surface area contributed by atoms with Crippen LogP contribution in [0.15, 0.2) is 233 Å². The molecule has 6 heterocycles. The lowest BCUT2D eigenvalue weighted by Gasteiger charge is -2.34. The predicted molar refractivity (Wildman–Crippen MR) is 569 cm³/mol. The number of amides is 3. The highest BCUT2D eigenvalue weighted by Crippen LogP contribution is 2.48. The summed E-state index contributed by atoms with van der Waals surface area (Å²) < 4.78 is 89.3. The van der Waals surface area contributed by atoms with Gasteiger partial charge in [0.2, 0.25) is 47.4 Å². The van der Waals surface area contributed by atoms with E-state index >= 15 is 0 Å². The minimum Gasteiger partial charge on any atom is -0.496 e. The zero-order valence-corrected chi connectivity index (χ0v) is 86.5. The molecule has 0 spiro atoms. The third-order valence-corrected chi connectivity index (χ3v) is 27.3. The zero-order chi connectivity index (χ0) is 102. The lowest BCUT2D eigenvalue weighted by molar-refractivity contribution is -0.114. The highest BCUT2D eigenvalue weighted by Gasteiger charge is 2.27. The van der Waals surface area contributed by atoms with Crippen molar-refractivity contribution in [1.29, 1.82) is 0 Å². The molecule has 1 aliphatic rings. The van der Waals surface area contributed by atoms with Crippen molar-refractivity contribution >= 4 is 213 Å². The summed E-state index contributed by atoms with van der Waals surface area (Å²) >= 11 is 25.3. The maximum atomic E-state index is 13.0. The smallest absolute Gasteiger partial charge is 0.266 e. The highest BCUT2D eigenvalue weighted by molar-refractivity contribution is 7.71. The number of hydrogen-bond donors (Lipinski definition) is 9. The van der Waals surface area contributed by atoms with Crippen molar-refractivity contribution in [1.82, 2.24) is 49.8 Å². The monoisotopic (exact) mass is 2060 g/mol. The molecule has 7 aromatic carbocycles. The highest BCUT2D eigenvalue weighted by atomic mass is 35.5. The van der Waals surface area contributed by atoms with Crippen LogP contribution in [0.1, 0.15) is 26.7 Å². The van der Waals surface area contributed by atoms with Crippen LogP contribution in [0.3, 0.4) is 0 Å². The van der Waals surface area contributed by atoms with Crippen molar-refractivity contribution in [2.75, 3.05) is 180 Å². The molecule has 1 aliphatic heterocycles. The number of rotatable bonds is 38. The summed E-state index contributed by atoms with van der Waals surface area (Å²) in [5.74, 6) is 6.81. The Morgan fingerprint density at radius 3 is 1.44 bits per heavy atom. The van der Waals surface area contributed by atoms with E-state index in [9.17, 15) is 32.6 Å². The van der Waals surface area contributed by atoms with Gasteiger partial charge in [0, 0.05) is 91.1 Å². The Balaban J connectivity index is 0.000000193. The van der Waals surface area contributed by atoms with E-state index in [-0.39, 0.29) is 56.6 Å². The summed E-state index contributed by atoms with van der Waals surface area (Å²) in [6, 6.07) is 44.7. The van der Waals surface area contributed by atoms with Crippen LogP contribution in [0.2, 0.25) is 20.1 Å². The summed E-state index contributed by atoms with van der Waals surface area (Å²) in [7, 11) is -0.872. The van der Waals surface area contributed by atoms with Gasteiger partial charge in [0.15, 0.2) is 23.2 Å². The van der Waals surface area contributed by atoms with Gasteiger partial charge in [-0.2, -0.15) is 19.9 Å². The number of methoxy groups -OCH3 is 5. The molecule has 1 unspecified atom stereocenters. The van der Waals surface area contributed by atoms with Crippen molar-refractivity contribution in [2.45, 2.75) is 26.7 Å². The van der Waals surface area contributed by atoms with E-state index < -0.39 is 34.7 Å². The first-order valence-corrected chi connectivity index (χ1v) is 54.6. The summed E-state index contributed by atoms with van der Waals surface area (Å²) in [6.07, 6.45) is 12.8. The lowest BCUT2D eigenvalue weighted by Crippen LogP contribution is -2.44. The molecule has 9 N–H and O–H groups in total. The number of nitrogens with one attached hydrogen (secondary N) is 9. The molecule has 1 atom stereocenters. The third-order valence-electron chi connectivity index (χ3n) is 20.4.